The third-order valence-corrected chi connectivity index (χ3v) is 6.63. The van der Waals surface area contributed by atoms with Crippen molar-refractivity contribution in [2.75, 3.05) is 5.32 Å². The molecular formula is C20H22N4S. The lowest BCUT2D eigenvalue weighted by Crippen LogP contribution is -2.16. The van der Waals surface area contributed by atoms with Crippen LogP contribution >= 0.6 is 11.3 Å². The SMILES string of the molecule is c1cc(-c2nc(NC3CCCC3)c3c4c(sc3n2)CCCC4)ccn1. The summed E-state index contributed by atoms with van der Waals surface area (Å²) in [6.45, 7) is 0. The van der Waals surface area contributed by atoms with Crippen molar-refractivity contribution < 1.29 is 0 Å². The third kappa shape index (κ3) is 2.80. The second kappa shape index (κ2) is 6.37. The van der Waals surface area contributed by atoms with Gasteiger partial charge in [-0.3, -0.25) is 4.98 Å². The van der Waals surface area contributed by atoms with Crippen LogP contribution in [0.5, 0.6) is 0 Å². The predicted molar refractivity (Wildman–Crippen MR) is 103 cm³/mol. The Bertz CT molecular complexity index is 897. The number of thiophene rings is 1. The lowest BCUT2D eigenvalue weighted by Gasteiger charge is -2.16. The van der Waals surface area contributed by atoms with Gasteiger partial charge in [-0.25, -0.2) is 9.97 Å². The molecule has 0 radical (unpaired) electrons. The highest BCUT2D eigenvalue weighted by Crippen LogP contribution is 2.40. The first-order valence-corrected chi connectivity index (χ1v) is 10.2. The molecule has 3 heterocycles. The number of rotatable bonds is 3. The summed E-state index contributed by atoms with van der Waals surface area (Å²) in [4.78, 5) is 16.7. The number of nitrogens with zero attached hydrogens (tertiary/aromatic N) is 3. The van der Waals surface area contributed by atoms with Gasteiger partial charge in [-0.05, 0) is 56.2 Å². The number of aromatic nitrogens is 3. The normalized spacial score (nSPS) is 17.8. The van der Waals surface area contributed by atoms with Gasteiger partial charge < -0.3 is 5.32 Å². The van der Waals surface area contributed by atoms with Crippen molar-refractivity contribution in [3.05, 3.63) is 35.0 Å². The molecular weight excluding hydrogens is 328 g/mol. The molecule has 5 rings (SSSR count). The topological polar surface area (TPSA) is 50.7 Å². The van der Waals surface area contributed by atoms with E-state index in [1.54, 1.807) is 0 Å². The van der Waals surface area contributed by atoms with E-state index in [1.807, 2.05) is 35.9 Å². The second-order valence-corrected chi connectivity index (χ2v) is 8.23. The summed E-state index contributed by atoms with van der Waals surface area (Å²) in [6, 6.07) is 4.55. The number of anilines is 1. The molecule has 0 bridgehead atoms. The number of nitrogens with one attached hydrogen (secondary N) is 1. The van der Waals surface area contributed by atoms with Crippen LogP contribution in [-0.2, 0) is 12.8 Å². The predicted octanol–water partition coefficient (Wildman–Crippen LogP) is 4.99. The molecule has 2 aliphatic carbocycles. The lowest BCUT2D eigenvalue weighted by molar-refractivity contribution is 0.700. The van der Waals surface area contributed by atoms with E-state index >= 15 is 0 Å². The van der Waals surface area contributed by atoms with Gasteiger partial charge in [0.1, 0.15) is 10.6 Å². The largest absolute Gasteiger partial charge is 0.367 e. The van der Waals surface area contributed by atoms with Crippen molar-refractivity contribution >= 4 is 27.4 Å². The number of fused-ring (bicyclic) bond motifs is 3. The van der Waals surface area contributed by atoms with Crippen LogP contribution in [-0.4, -0.2) is 21.0 Å². The van der Waals surface area contributed by atoms with Gasteiger partial charge in [0.25, 0.3) is 0 Å². The Morgan fingerprint density at radius 3 is 2.60 bits per heavy atom. The average Bonchev–Trinajstić information content (AvgIpc) is 3.29. The highest BCUT2D eigenvalue weighted by Gasteiger charge is 2.23. The van der Waals surface area contributed by atoms with Gasteiger partial charge in [-0.2, -0.15) is 0 Å². The van der Waals surface area contributed by atoms with Gasteiger partial charge in [0.15, 0.2) is 5.82 Å². The van der Waals surface area contributed by atoms with Crippen molar-refractivity contribution in [1.82, 2.24) is 15.0 Å². The molecule has 3 aromatic heterocycles. The molecule has 2 aliphatic rings. The minimum absolute atomic E-state index is 0.558. The van der Waals surface area contributed by atoms with E-state index in [1.165, 1.54) is 67.2 Å². The summed E-state index contributed by atoms with van der Waals surface area (Å²) in [5, 5.41) is 5.07. The molecule has 5 heteroatoms. The Labute approximate surface area is 151 Å². The van der Waals surface area contributed by atoms with E-state index in [0.29, 0.717) is 6.04 Å². The highest BCUT2D eigenvalue weighted by atomic mass is 32.1. The molecule has 25 heavy (non-hydrogen) atoms. The quantitative estimate of drug-likeness (QED) is 0.723. The van der Waals surface area contributed by atoms with E-state index in [2.05, 4.69) is 10.3 Å². The average molecular weight is 350 g/mol. The van der Waals surface area contributed by atoms with Gasteiger partial charge in [0.2, 0.25) is 0 Å². The smallest absolute Gasteiger partial charge is 0.163 e. The zero-order valence-corrected chi connectivity index (χ0v) is 15.1. The number of hydrogen-bond donors (Lipinski definition) is 1. The fraction of sp³-hybridized carbons (Fsp3) is 0.450. The molecule has 0 aromatic carbocycles. The van der Waals surface area contributed by atoms with Crippen LogP contribution in [0.4, 0.5) is 5.82 Å². The summed E-state index contributed by atoms with van der Waals surface area (Å²) >= 11 is 1.87. The van der Waals surface area contributed by atoms with Crippen molar-refractivity contribution in [3.63, 3.8) is 0 Å². The van der Waals surface area contributed by atoms with Crippen LogP contribution in [0.3, 0.4) is 0 Å². The number of hydrogen-bond acceptors (Lipinski definition) is 5. The van der Waals surface area contributed by atoms with Crippen LogP contribution in [0.25, 0.3) is 21.6 Å². The van der Waals surface area contributed by atoms with E-state index in [-0.39, 0.29) is 0 Å². The number of pyridine rings is 1. The Hall–Kier alpha value is -2.01. The zero-order valence-electron chi connectivity index (χ0n) is 14.3. The van der Waals surface area contributed by atoms with E-state index in [0.717, 1.165) is 22.0 Å². The molecule has 0 saturated heterocycles. The number of aryl methyl sites for hydroxylation is 2. The van der Waals surface area contributed by atoms with Gasteiger partial charge in [0, 0.05) is 28.9 Å². The summed E-state index contributed by atoms with van der Waals surface area (Å²) in [5.41, 5.74) is 2.55. The van der Waals surface area contributed by atoms with Crippen molar-refractivity contribution in [2.45, 2.75) is 57.4 Å². The molecule has 0 spiro atoms. The van der Waals surface area contributed by atoms with Crippen molar-refractivity contribution in [3.8, 4) is 11.4 Å². The third-order valence-electron chi connectivity index (χ3n) is 5.45. The summed E-state index contributed by atoms with van der Waals surface area (Å²) in [7, 11) is 0. The zero-order chi connectivity index (χ0) is 16.6. The fourth-order valence-corrected chi connectivity index (χ4v) is 5.42. The summed E-state index contributed by atoms with van der Waals surface area (Å²) in [5.74, 6) is 1.87. The molecule has 4 nitrogen and oxygen atoms in total. The first kappa shape index (κ1) is 15.3. The molecule has 0 unspecified atom stereocenters. The first-order chi connectivity index (χ1) is 12.4. The Balaban J connectivity index is 1.67. The molecule has 1 N–H and O–H groups in total. The van der Waals surface area contributed by atoms with E-state index in [9.17, 15) is 0 Å². The van der Waals surface area contributed by atoms with Gasteiger partial charge in [-0.15, -0.1) is 11.3 Å². The Kier molecular flexibility index (Phi) is 3.89. The van der Waals surface area contributed by atoms with Crippen molar-refractivity contribution in [2.24, 2.45) is 0 Å². The van der Waals surface area contributed by atoms with Gasteiger partial charge in [-0.1, -0.05) is 12.8 Å². The minimum atomic E-state index is 0.558. The maximum Gasteiger partial charge on any atom is 0.163 e. The van der Waals surface area contributed by atoms with Crippen LogP contribution in [0.15, 0.2) is 24.5 Å². The maximum absolute atomic E-state index is 4.97. The lowest BCUT2D eigenvalue weighted by atomic mass is 9.97. The molecule has 0 aliphatic heterocycles. The molecule has 3 aromatic rings. The molecule has 1 saturated carbocycles. The van der Waals surface area contributed by atoms with Crippen LogP contribution < -0.4 is 5.32 Å². The Morgan fingerprint density at radius 2 is 1.76 bits per heavy atom. The van der Waals surface area contributed by atoms with Crippen LogP contribution in [0.1, 0.15) is 49.0 Å². The van der Waals surface area contributed by atoms with Crippen LogP contribution in [0, 0.1) is 0 Å². The van der Waals surface area contributed by atoms with Crippen molar-refractivity contribution in [1.29, 1.82) is 0 Å². The van der Waals surface area contributed by atoms with E-state index < -0.39 is 0 Å². The van der Waals surface area contributed by atoms with Crippen LogP contribution in [0.2, 0.25) is 0 Å². The second-order valence-electron chi connectivity index (χ2n) is 7.15. The molecule has 1 fully saturated rings. The Morgan fingerprint density at radius 1 is 0.960 bits per heavy atom. The summed E-state index contributed by atoms with van der Waals surface area (Å²) < 4.78 is 0. The first-order valence-electron chi connectivity index (χ1n) is 9.38. The minimum Gasteiger partial charge on any atom is -0.367 e. The highest BCUT2D eigenvalue weighted by molar-refractivity contribution is 7.19. The van der Waals surface area contributed by atoms with Gasteiger partial charge in [0.05, 0.1) is 5.39 Å². The molecule has 0 atom stereocenters. The monoisotopic (exact) mass is 350 g/mol. The molecule has 0 amide bonds. The molecule has 128 valence electrons. The maximum atomic E-state index is 4.97. The fourth-order valence-electron chi connectivity index (χ4n) is 4.16. The van der Waals surface area contributed by atoms with E-state index in [4.69, 9.17) is 9.97 Å². The van der Waals surface area contributed by atoms with Gasteiger partial charge >= 0.3 is 0 Å². The standard InChI is InChI=1S/C20H22N4S/c1-2-6-14(5-1)22-19-17-15-7-3-4-8-16(15)25-20(17)24-18(23-19)13-9-11-21-12-10-13/h9-12,14H,1-8H2,(H,22,23,24). The summed E-state index contributed by atoms with van der Waals surface area (Å²) in [6.07, 6.45) is 13.7.